The van der Waals surface area contributed by atoms with Crippen LogP contribution in [0.3, 0.4) is 0 Å². The van der Waals surface area contributed by atoms with Gasteiger partial charge in [-0.25, -0.2) is 0 Å². The van der Waals surface area contributed by atoms with E-state index in [1.165, 1.54) is 49.8 Å². The van der Waals surface area contributed by atoms with E-state index >= 15 is 0 Å². The maximum Gasteiger partial charge on any atom is 0.0642 e. The van der Waals surface area contributed by atoms with E-state index in [2.05, 4.69) is 36.3 Å². The molecular weight excluding hydrogens is 280 g/mol. The molecule has 21 heavy (non-hydrogen) atoms. The summed E-state index contributed by atoms with van der Waals surface area (Å²) < 4.78 is 0. The Hall–Kier alpha value is -0.730. The SMILES string of the molecule is CC1CCCCC1N(C)c1c(Cl)cccc1CNC1CC1. The normalized spacial score (nSPS) is 25.9. The maximum absolute atomic E-state index is 6.55. The van der Waals surface area contributed by atoms with Crippen molar-refractivity contribution in [1.29, 1.82) is 0 Å². The van der Waals surface area contributed by atoms with Gasteiger partial charge < -0.3 is 10.2 Å². The second kappa shape index (κ2) is 6.58. The van der Waals surface area contributed by atoms with Gasteiger partial charge in [-0.1, -0.05) is 43.5 Å². The molecule has 2 aliphatic rings. The molecule has 2 fully saturated rings. The molecular formula is C18H27ClN2. The number of rotatable bonds is 5. The summed E-state index contributed by atoms with van der Waals surface area (Å²) >= 11 is 6.55. The molecule has 0 spiro atoms. The average Bonchev–Trinajstić information content (AvgIpc) is 3.29. The highest BCUT2D eigenvalue weighted by Gasteiger charge is 2.28. The molecule has 0 amide bonds. The van der Waals surface area contributed by atoms with Crippen LogP contribution in [0.2, 0.25) is 5.02 Å². The van der Waals surface area contributed by atoms with Crippen molar-refractivity contribution in [3.8, 4) is 0 Å². The summed E-state index contributed by atoms with van der Waals surface area (Å²) in [6.45, 7) is 3.32. The largest absolute Gasteiger partial charge is 0.370 e. The van der Waals surface area contributed by atoms with Gasteiger partial charge in [0.2, 0.25) is 0 Å². The van der Waals surface area contributed by atoms with Crippen LogP contribution >= 0.6 is 11.6 Å². The molecule has 0 saturated heterocycles. The van der Waals surface area contributed by atoms with Crippen LogP contribution in [0.25, 0.3) is 0 Å². The first-order chi connectivity index (χ1) is 10.2. The summed E-state index contributed by atoms with van der Waals surface area (Å²) in [5.74, 6) is 0.754. The van der Waals surface area contributed by atoms with Crippen molar-refractivity contribution in [3.63, 3.8) is 0 Å². The van der Waals surface area contributed by atoms with E-state index < -0.39 is 0 Å². The maximum atomic E-state index is 6.55. The summed E-state index contributed by atoms with van der Waals surface area (Å²) in [4.78, 5) is 2.45. The quantitative estimate of drug-likeness (QED) is 0.855. The minimum atomic E-state index is 0.623. The van der Waals surface area contributed by atoms with Crippen molar-refractivity contribution in [2.75, 3.05) is 11.9 Å². The van der Waals surface area contributed by atoms with Crippen LogP contribution in [0.1, 0.15) is 51.0 Å². The number of benzene rings is 1. The third kappa shape index (κ3) is 3.54. The van der Waals surface area contributed by atoms with Crippen LogP contribution in [0.4, 0.5) is 5.69 Å². The van der Waals surface area contributed by atoms with E-state index in [9.17, 15) is 0 Å². The zero-order valence-corrected chi connectivity index (χ0v) is 14.0. The molecule has 0 aromatic heterocycles. The van der Waals surface area contributed by atoms with Crippen LogP contribution < -0.4 is 10.2 Å². The fourth-order valence-corrected chi connectivity index (χ4v) is 4.00. The summed E-state index contributed by atoms with van der Waals surface area (Å²) in [6, 6.07) is 7.68. The Morgan fingerprint density at radius 1 is 1.19 bits per heavy atom. The van der Waals surface area contributed by atoms with Gasteiger partial charge in [-0.15, -0.1) is 0 Å². The van der Waals surface area contributed by atoms with Gasteiger partial charge in [0.05, 0.1) is 10.7 Å². The minimum Gasteiger partial charge on any atom is -0.370 e. The van der Waals surface area contributed by atoms with E-state index in [0.717, 1.165) is 23.5 Å². The predicted octanol–water partition coefficient (Wildman–Crippen LogP) is 4.61. The number of para-hydroxylation sites is 1. The van der Waals surface area contributed by atoms with E-state index in [4.69, 9.17) is 11.6 Å². The standard InChI is InChI=1S/C18H27ClN2/c1-13-6-3-4-9-17(13)21(2)18-14(7-5-8-16(18)19)12-20-15-10-11-15/h5,7-8,13,15,17,20H,3-4,6,9-12H2,1-2H3. The van der Waals surface area contributed by atoms with Gasteiger partial charge in [0.25, 0.3) is 0 Å². The first kappa shape index (κ1) is 15.2. The van der Waals surface area contributed by atoms with Gasteiger partial charge in [0.15, 0.2) is 0 Å². The Labute approximate surface area is 133 Å². The van der Waals surface area contributed by atoms with Crippen LogP contribution in [0.5, 0.6) is 0 Å². The fourth-order valence-electron chi connectivity index (χ4n) is 3.68. The molecule has 0 aliphatic heterocycles. The Bertz CT molecular complexity index is 484. The molecule has 2 unspecified atom stereocenters. The van der Waals surface area contributed by atoms with Crippen LogP contribution in [0.15, 0.2) is 18.2 Å². The Balaban J connectivity index is 1.80. The molecule has 1 N–H and O–H groups in total. The van der Waals surface area contributed by atoms with Gasteiger partial charge >= 0.3 is 0 Å². The van der Waals surface area contributed by atoms with Crippen LogP contribution in [-0.4, -0.2) is 19.1 Å². The molecule has 0 heterocycles. The van der Waals surface area contributed by atoms with E-state index in [1.807, 2.05) is 6.07 Å². The Morgan fingerprint density at radius 2 is 1.95 bits per heavy atom. The smallest absolute Gasteiger partial charge is 0.0642 e. The summed E-state index contributed by atoms with van der Waals surface area (Å²) in [5, 5.41) is 4.52. The lowest BCUT2D eigenvalue weighted by molar-refractivity contribution is 0.321. The lowest BCUT2D eigenvalue weighted by Crippen LogP contribution is -2.39. The van der Waals surface area contributed by atoms with Gasteiger partial charge in [-0.2, -0.15) is 0 Å². The van der Waals surface area contributed by atoms with Gasteiger partial charge in [0.1, 0.15) is 0 Å². The van der Waals surface area contributed by atoms with Crippen molar-refractivity contribution < 1.29 is 0 Å². The number of nitrogens with zero attached hydrogens (tertiary/aromatic N) is 1. The van der Waals surface area contributed by atoms with E-state index in [-0.39, 0.29) is 0 Å². The lowest BCUT2D eigenvalue weighted by Gasteiger charge is -2.39. The second-order valence-corrected chi connectivity index (χ2v) is 7.25. The molecule has 3 heteroatoms. The van der Waals surface area contributed by atoms with Gasteiger partial charge in [0, 0.05) is 25.7 Å². The van der Waals surface area contributed by atoms with Crippen LogP contribution in [0, 0.1) is 5.92 Å². The highest BCUT2D eigenvalue weighted by atomic mass is 35.5. The molecule has 2 aliphatic carbocycles. The van der Waals surface area contributed by atoms with Crippen molar-refractivity contribution >= 4 is 17.3 Å². The zero-order chi connectivity index (χ0) is 14.8. The Kier molecular flexibility index (Phi) is 4.75. The summed E-state index contributed by atoms with van der Waals surface area (Å²) in [5.41, 5.74) is 2.58. The first-order valence-electron chi connectivity index (χ1n) is 8.40. The summed E-state index contributed by atoms with van der Waals surface area (Å²) in [7, 11) is 2.23. The second-order valence-electron chi connectivity index (χ2n) is 6.84. The number of anilines is 1. The molecule has 0 radical (unpaired) electrons. The average molecular weight is 307 g/mol. The van der Waals surface area contributed by atoms with E-state index in [1.54, 1.807) is 0 Å². The number of hydrogen-bond acceptors (Lipinski definition) is 2. The van der Waals surface area contributed by atoms with Crippen LogP contribution in [-0.2, 0) is 6.54 Å². The Morgan fingerprint density at radius 3 is 2.67 bits per heavy atom. The fraction of sp³-hybridized carbons (Fsp3) is 0.667. The molecule has 3 rings (SSSR count). The molecule has 0 bridgehead atoms. The minimum absolute atomic E-state index is 0.623. The highest BCUT2D eigenvalue weighted by Crippen LogP contribution is 2.36. The summed E-state index contributed by atoms with van der Waals surface area (Å²) in [6.07, 6.45) is 8.01. The number of nitrogens with one attached hydrogen (secondary N) is 1. The van der Waals surface area contributed by atoms with E-state index in [0.29, 0.717) is 6.04 Å². The third-order valence-electron chi connectivity index (χ3n) is 5.15. The van der Waals surface area contributed by atoms with Crippen molar-refractivity contribution in [2.45, 2.75) is 64.1 Å². The topological polar surface area (TPSA) is 15.3 Å². The predicted molar refractivity (Wildman–Crippen MR) is 91.1 cm³/mol. The molecule has 1 aromatic carbocycles. The molecule has 116 valence electrons. The van der Waals surface area contributed by atoms with Gasteiger partial charge in [-0.05, 0) is 43.2 Å². The van der Waals surface area contributed by atoms with Crippen molar-refractivity contribution in [3.05, 3.63) is 28.8 Å². The van der Waals surface area contributed by atoms with Crippen molar-refractivity contribution in [2.24, 2.45) is 5.92 Å². The number of hydrogen-bond donors (Lipinski definition) is 1. The molecule has 2 saturated carbocycles. The third-order valence-corrected chi connectivity index (χ3v) is 5.45. The molecule has 2 nitrogen and oxygen atoms in total. The zero-order valence-electron chi connectivity index (χ0n) is 13.2. The van der Waals surface area contributed by atoms with Gasteiger partial charge in [-0.3, -0.25) is 0 Å². The number of halogens is 1. The molecule has 1 aromatic rings. The highest BCUT2D eigenvalue weighted by molar-refractivity contribution is 6.33. The monoisotopic (exact) mass is 306 g/mol. The first-order valence-corrected chi connectivity index (χ1v) is 8.78. The van der Waals surface area contributed by atoms with Crippen molar-refractivity contribution in [1.82, 2.24) is 5.32 Å². The molecule has 2 atom stereocenters. The lowest BCUT2D eigenvalue weighted by atomic mass is 9.84.